The maximum atomic E-state index is 4.75. The van der Waals surface area contributed by atoms with Crippen molar-refractivity contribution in [2.75, 3.05) is 39.8 Å². The zero-order valence-electron chi connectivity index (χ0n) is 14.1. The molecule has 120 valence electrons. The molecule has 0 amide bonds. The molecule has 0 saturated carbocycles. The van der Waals surface area contributed by atoms with Crippen LogP contribution in [0.3, 0.4) is 0 Å². The lowest BCUT2D eigenvalue weighted by Gasteiger charge is -2.22. The van der Waals surface area contributed by atoms with Crippen molar-refractivity contribution < 1.29 is 0 Å². The normalized spacial score (nSPS) is 12.8. The summed E-state index contributed by atoms with van der Waals surface area (Å²) in [5.41, 5.74) is 0.0801. The Morgan fingerprint density at radius 1 is 1.33 bits per heavy atom. The molecule has 5 heteroatoms. The number of likely N-dealkylation sites (N-methyl/N-ethyl adjacent to an activating group) is 1. The van der Waals surface area contributed by atoms with Crippen molar-refractivity contribution in [1.29, 1.82) is 0 Å². The van der Waals surface area contributed by atoms with Gasteiger partial charge in [0.2, 0.25) is 0 Å². The Labute approximate surface area is 133 Å². The van der Waals surface area contributed by atoms with Crippen LogP contribution in [-0.4, -0.2) is 50.6 Å². The first-order chi connectivity index (χ1) is 9.99. The van der Waals surface area contributed by atoms with Gasteiger partial charge in [-0.2, -0.15) is 0 Å². The summed E-state index contributed by atoms with van der Waals surface area (Å²) < 4.78 is 0. The minimum atomic E-state index is 0.0801. The molecule has 0 radical (unpaired) electrons. The molecule has 0 spiro atoms. The Morgan fingerprint density at radius 3 is 2.67 bits per heavy atom. The predicted molar refractivity (Wildman–Crippen MR) is 94.5 cm³/mol. The highest BCUT2D eigenvalue weighted by atomic mass is 32.1. The number of hydrogen-bond donors (Lipinski definition) is 2. The van der Waals surface area contributed by atoms with Crippen molar-refractivity contribution in [2.45, 2.75) is 33.1 Å². The van der Waals surface area contributed by atoms with Crippen molar-refractivity contribution in [3.63, 3.8) is 0 Å². The monoisotopic (exact) mass is 310 g/mol. The molecule has 0 saturated heterocycles. The Hall–Kier alpha value is -1.07. The molecule has 0 fully saturated rings. The number of guanidine groups is 1. The molecule has 0 aliphatic carbocycles. The molecular weight excluding hydrogens is 280 g/mol. The third-order valence-corrected chi connectivity index (χ3v) is 4.73. The van der Waals surface area contributed by atoms with E-state index in [0.29, 0.717) is 0 Å². The van der Waals surface area contributed by atoms with Crippen LogP contribution in [0.4, 0.5) is 0 Å². The maximum Gasteiger partial charge on any atom is 0.191 e. The number of rotatable bonds is 8. The van der Waals surface area contributed by atoms with E-state index in [0.717, 1.165) is 38.7 Å². The first kappa shape index (κ1) is 18.0. The van der Waals surface area contributed by atoms with Gasteiger partial charge < -0.3 is 15.5 Å². The zero-order valence-corrected chi connectivity index (χ0v) is 14.9. The summed E-state index contributed by atoms with van der Waals surface area (Å²) in [6.07, 6.45) is 0. The molecule has 0 aromatic carbocycles. The second-order valence-corrected chi connectivity index (χ2v) is 6.83. The number of nitrogens with one attached hydrogen (secondary N) is 2. The van der Waals surface area contributed by atoms with E-state index in [4.69, 9.17) is 4.99 Å². The van der Waals surface area contributed by atoms with Crippen molar-refractivity contribution in [3.8, 4) is 0 Å². The van der Waals surface area contributed by atoms with Crippen LogP contribution in [-0.2, 0) is 5.41 Å². The highest BCUT2D eigenvalue weighted by molar-refractivity contribution is 7.10. The fourth-order valence-electron chi connectivity index (χ4n) is 1.88. The molecule has 21 heavy (non-hydrogen) atoms. The third kappa shape index (κ3) is 6.48. The molecule has 2 N–H and O–H groups in total. The lowest BCUT2D eigenvalue weighted by molar-refractivity contribution is 0.357. The highest BCUT2D eigenvalue weighted by Crippen LogP contribution is 2.27. The number of hydrogen-bond acceptors (Lipinski definition) is 3. The number of thiophene rings is 1. The van der Waals surface area contributed by atoms with Gasteiger partial charge in [0, 0.05) is 29.9 Å². The Kier molecular flexibility index (Phi) is 7.75. The van der Waals surface area contributed by atoms with Gasteiger partial charge in [0.25, 0.3) is 0 Å². The van der Waals surface area contributed by atoms with Gasteiger partial charge >= 0.3 is 0 Å². The molecule has 1 aromatic heterocycles. The molecule has 0 bridgehead atoms. The van der Waals surface area contributed by atoms with Gasteiger partial charge in [-0.1, -0.05) is 26.8 Å². The summed E-state index contributed by atoms with van der Waals surface area (Å²) in [4.78, 5) is 8.41. The minimum absolute atomic E-state index is 0.0801. The maximum absolute atomic E-state index is 4.75. The number of nitrogens with zero attached hydrogens (tertiary/aromatic N) is 2. The van der Waals surface area contributed by atoms with Gasteiger partial charge in [-0.3, -0.25) is 4.99 Å². The smallest absolute Gasteiger partial charge is 0.191 e. The summed E-state index contributed by atoms with van der Waals surface area (Å²) in [5.74, 6) is 0.909. The van der Waals surface area contributed by atoms with E-state index in [2.05, 4.69) is 67.8 Å². The van der Waals surface area contributed by atoms with Crippen LogP contribution < -0.4 is 10.6 Å². The first-order valence-electron chi connectivity index (χ1n) is 7.74. The van der Waals surface area contributed by atoms with E-state index < -0.39 is 0 Å². The van der Waals surface area contributed by atoms with E-state index in [1.165, 1.54) is 4.88 Å². The van der Waals surface area contributed by atoms with Crippen molar-refractivity contribution in [3.05, 3.63) is 22.4 Å². The molecular formula is C16H30N4S. The van der Waals surface area contributed by atoms with Crippen molar-refractivity contribution in [1.82, 2.24) is 15.5 Å². The summed E-state index contributed by atoms with van der Waals surface area (Å²) in [6.45, 7) is 13.4. The largest absolute Gasteiger partial charge is 0.357 e. The second kappa shape index (κ2) is 9.05. The van der Waals surface area contributed by atoms with Crippen LogP contribution >= 0.6 is 11.3 Å². The molecule has 0 aliphatic heterocycles. The molecule has 1 aromatic rings. The topological polar surface area (TPSA) is 39.7 Å². The molecule has 4 nitrogen and oxygen atoms in total. The van der Waals surface area contributed by atoms with Gasteiger partial charge in [0.15, 0.2) is 5.96 Å². The quantitative estimate of drug-likeness (QED) is 0.572. The first-order valence-corrected chi connectivity index (χ1v) is 8.62. The van der Waals surface area contributed by atoms with Crippen LogP contribution in [0.15, 0.2) is 22.5 Å². The summed E-state index contributed by atoms with van der Waals surface area (Å²) in [5, 5.41) is 8.85. The van der Waals surface area contributed by atoms with E-state index in [1.807, 2.05) is 0 Å². The van der Waals surface area contributed by atoms with Gasteiger partial charge in [-0.05, 0) is 32.0 Å². The van der Waals surface area contributed by atoms with Gasteiger partial charge in [0.05, 0.1) is 6.54 Å². The van der Waals surface area contributed by atoms with Crippen LogP contribution in [0.1, 0.15) is 32.6 Å². The van der Waals surface area contributed by atoms with Gasteiger partial charge in [0.1, 0.15) is 0 Å². The van der Waals surface area contributed by atoms with Crippen LogP contribution in [0.5, 0.6) is 0 Å². The van der Waals surface area contributed by atoms with Gasteiger partial charge in [-0.25, -0.2) is 0 Å². The Bertz CT molecular complexity index is 412. The molecule has 0 aliphatic rings. The minimum Gasteiger partial charge on any atom is -0.357 e. The van der Waals surface area contributed by atoms with Crippen molar-refractivity contribution >= 4 is 17.3 Å². The van der Waals surface area contributed by atoms with E-state index in [9.17, 15) is 0 Å². The standard InChI is InChI=1S/C16H30N4S/c1-6-17-15(18-10-11-20(5)7-2)19-13-16(3,4)14-9-8-12-21-14/h8-9,12H,6-7,10-11,13H2,1-5H3,(H2,17,18,19). The Morgan fingerprint density at radius 2 is 2.10 bits per heavy atom. The predicted octanol–water partition coefficient (Wildman–Crippen LogP) is 2.53. The summed E-state index contributed by atoms with van der Waals surface area (Å²) in [6, 6.07) is 4.30. The van der Waals surface area contributed by atoms with Gasteiger partial charge in [-0.15, -0.1) is 11.3 Å². The SMILES string of the molecule is CCNC(=NCC(C)(C)c1cccs1)NCCN(C)CC. The molecule has 1 rings (SSSR count). The highest BCUT2D eigenvalue weighted by Gasteiger charge is 2.21. The Balaban J connectivity index is 2.54. The molecule has 0 atom stereocenters. The zero-order chi connectivity index (χ0) is 15.7. The molecule has 1 heterocycles. The average molecular weight is 311 g/mol. The van der Waals surface area contributed by atoms with Crippen LogP contribution in [0.25, 0.3) is 0 Å². The van der Waals surface area contributed by atoms with E-state index >= 15 is 0 Å². The second-order valence-electron chi connectivity index (χ2n) is 5.88. The fourth-order valence-corrected chi connectivity index (χ4v) is 2.73. The van der Waals surface area contributed by atoms with Crippen LogP contribution in [0, 0.1) is 0 Å². The average Bonchev–Trinajstić information content (AvgIpc) is 2.99. The summed E-state index contributed by atoms with van der Waals surface area (Å²) in [7, 11) is 2.13. The fraction of sp³-hybridized carbons (Fsp3) is 0.688. The lowest BCUT2D eigenvalue weighted by atomic mass is 9.92. The third-order valence-electron chi connectivity index (χ3n) is 3.49. The van der Waals surface area contributed by atoms with E-state index in [1.54, 1.807) is 11.3 Å². The van der Waals surface area contributed by atoms with Crippen molar-refractivity contribution in [2.24, 2.45) is 4.99 Å². The lowest BCUT2D eigenvalue weighted by Crippen LogP contribution is -2.41. The summed E-state index contributed by atoms with van der Waals surface area (Å²) >= 11 is 1.80. The van der Waals surface area contributed by atoms with E-state index in [-0.39, 0.29) is 5.41 Å². The van der Waals surface area contributed by atoms with Crippen LogP contribution in [0.2, 0.25) is 0 Å². The molecule has 0 unspecified atom stereocenters. The number of aliphatic imine (C=N–C) groups is 1.